The molecule has 0 aromatic carbocycles. The van der Waals surface area contributed by atoms with Gasteiger partial charge in [-0.05, 0) is 19.1 Å². The van der Waals surface area contributed by atoms with Gasteiger partial charge in [0.2, 0.25) is 0 Å². The summed E-state index contributed by atoms with van der Waals surface area (Å²) >= 11 is 1.38. The first-order chi connectivity index (χ1) is 10.1. The monoisotopic (exact) mass is 303 g/mol. The fourth-order valence-corrected chi connectivity index (χ4v) is 2.95. The molecule has 0 unspecified atom stereocenters. The molecular formula is C14H13N3O3S. The third-order valence-corrected chi connectivity index (χ3v) is 4.08. The van der Waals surface area contributed by atoms with Crippen molar-refractivity contribution in [2.45, 2.75) is 13.5 Å². The maximum Gasteiger partial charge on any atom is 0.355 e. The summed E-state index contributed by atoms with van der Waals surface area (Å²) in [7, 11) is 1.77. The summed E-state index contributed by atoms with van der Waals surface area (Å²) in [5.41, 5.74) is 1.59. The minimum Gasteiger partial charge on any atom is -0.454 e. The first-order valence-electron chi connectivity index (χ1n) is 6.31. The van der Waals surface area contributed by atoms with Crippen molar-refractivity contribution in [1.82, 2.24) is 14.0 Å². The Hall–Kier alpha value is -2.41. The number of hydrogen-bond acceptors (Lipinski definition) is 5. The van der Waals surface area contributed by atoms with Crippen LogP contribution in [0.15, 0.2) is 34.6 Å². The van der Waals surface area contributed by atoms with E-state index in [1.165, 1.54) is 21.8 Å². The van der Waals surface area contributed by atoms with Crippen molar-refractivity contribution in [1.29, 1.82) is 0 Å². The van der Waals surface area contributed by atoms with Crippen LogP contribution in [-0.2, 0) is 18.4 Å². The molecule has 0 N–H and O–H groups in total. The number of thiazole rings is 1. The van der Waals surface area contributed by atoms with Gasteiger partial charge in [0.1, 0.15) is 12.3 Å². The molecule has 0 radical (unpaired) electrons. The molecule has 3 heterocycles. The minimum absolute atomic E-state index is 0.0211. The number of hydrogen-bond donors (Lipinski definition) is 0. The van der Waals surface area contributed by atoms with Crippen LogP contribution < -0.4 is 5.56 Å². The van der Waals surface area contributed by atoms with Crippen LogP contribution in [0.4, 0.5) is 0 Å². The van der Waals surface area contributed by atoms with Crippen molar-refractivity contribution >= 4 is 22.3 Å². The molecule has 0 saturated heterocycles. The van der Waals surface area contributed by atoms with Crippen molar-refractivity contribution in [3.8, 4) is 0 Å². The lowest BCUT2D eigenvalue weighted by atomic mass is 10.4. The molecule has 21 heavy (non-hydrogen) atoms. The zero-order valence-corrected chi connectivity index (χ0v) is 12.4. The van der Waals surface area contributed by atoms with Gasteiger partial charge in [-0.3, -0.25) is 9.20 Å². The maximum atomic E-state index is 12.0. The van der Waals surface area contributed by atoms with Crippen LogP contribution in [0, 0.1) is 6.92 Å². The van der Waals surface area contributed by atoms with Crippen molar-refractivity contribution in [3.63, 3.8) is 0 Å². The van der Waals surface area contributed by atoms with Gasteiger partial charge in [0, 0.05) is 30.4 Å². The number of rotatable bonds is 3. The topological polar surface area (TPSA) is 65.6 Å². The molecule has 3 aromatic rings. The summed E-state index contributed by atoms with van der Waals surface area (Å²) in [6.45, 7) is 1.83. The zero-order chi connectivity index (χ0) is 15.0. The van der Waals surface area contributed by atoms with E-state index in [0.717, 1.165) is 5.69 Å². The maximum absolute atomic E-state index is 12.0. The zero-order valence-electron chi connectivity index (χ0n) is 11.6. The van der Waals surface area contributed by atoms with Gasteiger partial charge >= 0.3 is 5.97 Å². The van der Waals surface area contributed by atoms with Gasteiger partial charge in [-0.2, -0.15) is 0 Å². The van der Waals surface area contributed by atoms with Crippen LogP contribution in [0.5, 0.6) is 0 Å². The molecule has 0 atom stereocenters. The van der Waals surface area contributed by atoms with Crippen molar-refractivity contribution in [2.75, 3.05) is 0 Å². The normalized spacial score (nSPS) is 11.0. The highest BCUT2D eigenvalue weighted by Gasteiger charge is 2.12. The molecule has 0 fully saturated rings. The third kappa shape index (κ3) is 2.47. The average molecular weight is 303 g/mol. The van der Waals surface area contributed by atoms with Crippen LogP contribution in [0.2, 0.25) is 0 Å². The van der Waals surface area contributed by atoms with E-state index in [9.17, 15) is 9.59 Å². The van der Waals surface area contributed by atoms with Crippen LogP contribution in [0.1, 0.15) is 21.9 Å². The molecule has 0 amide bonds. The number of ether oxygens (including phenoxy) is 1. The standard InChI is InChI=1S/C14H13N3O3S/c1-9-8-21-14-15-10(6-12(18)17(9)14)7-20-13(19)11-4-3-5-16(11)2/h3-6,8H,7H2,1-2H3. The van der Waals surface area contributed by atoms with E-state index in [1.807, 2.05) is 12.3 Å². The molecule has 0 aliphatic rings. The Morgan fingerprint density at radius 2 is 2.29 bits per heavy atom. The Morgan fingerprint density at radius 1 is 1.48 bits per heavy atom. The number of esters is 1. The quantitative estimate of drug-likeness (QED) is 0.692. The van der Waals surface area contributed by atoms with E-state index in [-0.39, 0.29) is 12.2 Å². The Labute approximate surface area is 124 Å². The molecule has 3 aromatic heterocycles. The number of aromatic nitrogens is 3. The number of carbonyl (C=O) groups excluding carboxylic acids is 1. The number of carbonyl (C=O) groups is 1. The molecule has 108 valence electrons. The minimum atomic E-state index is -0.438. The second-order valence-electron chi connectivity index (χ2n) is 4.66. The van der Waals surface area contributed by atoms with Gasteiger partial charge in [0.25, 0.3) is 5.56 Å². The number of nitrogens with zero attached hydrogens (tertiary/aromatic N) is 3. The third-order valence-electron chi connectivity index (χ3n) is 3.13. The van der Waals surface area contributed by atoms with Gasteiger partial charge in [0.15, 0.2) is 4.96 Å². The molecule has 0 aliphatic carbocycles. The Morgan fingerprint density at radius 3 is 3.00 bits per heavy atom. The summed E-state index contributed by atoms with van der Waals surface area (Å²) in [6.07, 6.45) is 1.77. The lowest BCUT2D eigenvalue weighted by Gasteiger charge is -2.05. The summed E-state index contributed by atoms with van der Waals surface area (Å²) in [4.78, 5) is 28.8. The highest BCUT2D eigenvalue weighted by molar-refractivity contribution is 7.15. The van der Waals surface area contributed by atoms with Gasteiger partial charge in [0.05, 0.1) is 5.69 Å². The fraction of sp³-hybridized carbons (Fsp3) is 0.214. The first-order valence-corrected chi connectivity index (χ1v) is 7.19. The second kappa shape index (κ2) is 5.17. The molecule has 3 rings (SSSR count). The van der Waals surface area contributed by atoms with E-state index in [4.69, 9.17) is 4.74 Å². The Kier molecular flexibility index (Phi) is 3.34. The van der Waals surface area contributed by atoms with Crippen LogP contribution >= 0.6 is 11.3 Å². The summed E-state index contributed by atoms with van der Waals surface area (Å²) in [6, 6.07) is 4.84. The molecule has 6 nitrogen and oxygen atoms in total. The van der Waals surface area contributed by atoms with Gasteiger partial charge in [-0.15, -0.1) is 11.3 Å². The average Bonchev–Trinajstić information content (AvgIpc) is 3.03. The largest absolute Gasteiger partial charge is 0.454 e. The molecule has 0 spiro atoms. The van der Waals surface area contributed by atoms with Crippen LogP contribution in [-0.4, -0.2) is 19.9 Å². The van der Waals surface area contributed by atoms with E-state index in [0.29, 0.717) is 16.3 Å². The Balaban J connectivity index is 1.81. The van der Waals surface area contributed by atoms with Gasteiger partial charge in [-0.25, -0.2) is 9.78 Å². The lowest BCUT2D eigenvalue weighted by Crippen LogP contribution is -2.16. The Bertz CT molecular complexity index is 875. The van der Waals surface area contributed by atoms with Crippen molar-refractivity contribution < 1.29 is 9.53 Å². The highest BCUT2D eigenvalue weighted by atomic mass is 32.1. The SMILES string of the molecule is Cc1csc2nc(COC(=O)c3cccn3C)cc(=O)n12. The summed E-state index contributed by atoms with van der Waals surface area (Å²) in [5.74, 6) is -0.438. The molecule has 0 bridgehead atoms. The van der Waals surface area contributed by atoms with Crippen molar-refractivity contribution in [2.24, 2.45) is 7.05 Å². The van der Waals surface area contributed by atoms with E-state index in [2.05, 4.69) is 4.98 Å². The first kappa shape index (κ1) is 13.6. The molecule has 0 saturated carbocycles. The van der Waals surface area contributed by atoms with Crippen LogP contribution in [0.25, 0.3) is 4.96 Å². The smallest absolute Gasteiger partial charge is 0.355 e. The summed E-state index contributed by atoms with van der Waals surface area (Å²) < 4.78 is 8.41. The lowest BCUT2D eigenvalue weighted by molar-refractivity contribution is 0.0456. The van der Waals surface area contributed by atoms with E-state index >= 15 is 0 Å². The predicted molar refractivity (Wildman–Crippen MR) is 78.6 cm³/mol. The van der Waals surface area contributed by atoms with Crippen molar-refractivity contribution in [3.05, 3.63) is 57.2 Å². The van der Waals surface area contributed by atoms with Gasteiger partial charge in [-0.1, -0.05) is 0 Å². The van der Waals surface area contributed by atoms with E-state index in [1.54, 1.807) is 29.9 Å². The number of fused-ring (bicyclic) bond motifs is 1. The second-order valence-corrected chi connectivity index (χ2v) is 5.50. The molecule has 7 heteroatoms. The van der Waals surface area contributed by atoms with Crippen LogP contribution in [0.3, 0.4) is 0 Å². The highest BCUT2D eigenvalue weighted by Crippen LogP contribution is 2.12. The summed E-state index contributed by atoms with van der Waals surface area (Å²) in [5, 5.41) is 1.86. The number of aryl methyl sites for hydroxylation is 2. The fourth-order valence-electron chi connectivity index (χ4n) is 2.06. The molecular weight excluding hydrogens is 290 g/mol. The molecule has 0 aliphatic heterocycles. The predicted octanol–water partition coefficient (Wildman–Crippen LogP) is 1.76. The van der Waals surface area contributed by atoms with E-state index < -0.39 is 5.97 Å². The van der Waals surface area contributed by atoms with Gasteiger partial charge < -0.3 is 9.30 Å².